The topological polar surface area (TPSA) is 55.8 Å². The second-order valence-electron chi connectivity index (χ2n) is 8.23. The zero-order valence-corrected chi connectivity index (χ0v) is 20.0. The third-order valence-electron chi connectivity index (χ3n) is 5.29. The van der Waals surface area contributed by atoms with E-state index in [2.05, 4.69) is 30.3 Å². The van der Waals surface area contributed by atoms with Crippen LogP contribution in [0.2, 0.25) is 0 Å². The molecule has 4 nitrogen and oxygen atoms in total. The summed E-state index contributed by atoms with van der Waals surface area (Å²) < 4.78 is 11.5. The van der Waals surface area contributed by atoms with Crippen LogP contribution in [0.5, 0.6) is 11.5 Å². The fourth-order valence-corrected chi connectivity index (χ4v) is 5.71. The van der Waals surface area contributed by atoms with Crippen LogP contribution in [0, 0.1) is 0 Å². The molecule has 0 radical (unpaired) electrons. The number of benzene rings is 4. The Kier molecular flexibility index (Phi) is 7.24. The molecule has 0 unspecified atom stereocenters. The van der Waals surface area contributed by atoms with Crippen LogP contribution in [0.3, 0.4) is 0 Å². The molecule has 34 heavy (non-hydrogen) atoms. The van der Waals surface area contributed by atoms with Gasteiger partial charge < -0.3 is 14.6 Å². The van der Waals surface area contributed by atoms with Gasteiger partial charge in [-0.15, -0.1) is 0 Å². The van der Waals surface area contributed by atoms with Gasteiger partial charge in [-0.05, 0) is 67.9 Å². The van der Waals surface area contributed by atoms with E-state index in [1.807, 2.05) is 68.4 Å². The predicted octanol–water partition coefficient (Wildman–Crippen LogP) is 6.34. The SMILES string of the molecule is CC(C)(OC(=O)COc1cccc([S+](c2ccccc2)c2ccccc2)c1)c1ccc(O)cc1. The molecule has 4 rings (SSSR count). The van der Waals surface area contributed by atoms with Gasteiger partial charge in [0.05, 0.1) is 10.9 Å². The van der Waals surface area contributed by atoms with E-state index in [0.717, 1.165) is 10.5 Å². The van der Waals surface area contributed by atoms with Crippen LogP contribution in [0.1, 0.15) is 19.4 Å². The maximum Gasteiger partial charge on any atom is 0.345 e. The number of carbonyl (C=O) groups excluding carboxylic acids is 1. The highest BCUT2D eigenvalue weighted by molar-refractivity contribution is 7.97. The molecule has 0 saturated heterocycles. The Bertz CT molecular complexity index is 1180. The van der Waals surface area contributed by atoms with Crippen molar-refractivity contribution in [2.24, 2.45) is 0 Å². The lowest BCUT2D eigenvalue weighted by Crippen LogP contribution is -2.28. The van der Waals surface area contributed by atoms with E-state index < -0.39 is 11.6 Å². The van der Waals surface area contributed by atoms with Crippen molar-refractivity contribution in [3.8, 4) is 11.5 Å². The largest absolute Gasteiger partial charge is 0.508 e. The van der Waals surface area contributed by atoms with Crippen LogP contribution in [-0.2, 0) is 26.0 Å². The molecule has 4 aromatic rings. The Morgan fingerprint density at radius 3 is 1.91 bits per heavy atom. The zero-order chi connectivity index (χ0) is 24.0. The maximum atomic E-state index is 12.5. The lowest BCUT2D eigenvalue weighted by atomic mass is 9.98. The molecule has 0 bridgehead atoms. The first-order valence-electron chi connectivity index (χ1n) is 11.0. The van der Waals surface area contributed by atoms with Gasteiger partial charge in [-0.25, -0.2) is 4.79 Å². The van der Waals surface area contributed by atoms with Gasteiger partial charge >= 0.3 is 5.97 Å². The van der Waals surface area contributed by atoms with Crippen molar-refractivity contribution in [2.45, 2.75) is 34.1 Å². The van der Waals surface area contributed by atoms with Crippen LogP contribution >= 0.6 is 0 Å². The molecule has 0 aliphatic rings. The first-order chi connectivity index (χ1) is 16.4. The number of hydrogen-bond acceptors (Lipinski definition) is 4. The molecule has 0 amide bonds. The standard InChI is InChI=1S/C29H26O4S/c1-29(2,22-16-18-23(30)19-17-22)33-28(31)21-32-24-10-9-15-27(20-24)34(25-11-5-3-6-12-25)26-13-7-4-8-14-26/h3-20H,21H2,1-2H3/p+1. The summed E-state index contributed by atoms with van der Waals surface area (Å²) in [5, 5.41) is 9.49. The monoisotopic (exact) mass is 471 g/mol. The highest BCUT2D eigenvalue weighted by atomic mass is 32.2. The van der Waals surface area contributed by atoms with Crippen molar-refractivity contribution in [2.75, 3.05) is 6.61 Å². The van der Waals surface area contributed by atoms with E-state index in [4.69, 9.17) is 9.47 Å². The third-order valence-corrected chi connectivity index (χ3v) is 7.50. The number of phenols is 1. The van der Waals surface area contributed by atoms with E-state index in [0.29, 0.717) is 5.75 Å². The van der Waals surface area contributed by atoms with Crippen LogP contribution in [0.25, 0.3) is 0 Å². The Balaban J connectivity index is 1.48. The lowest BCUT2D eigenvalue weighted by Gasteiger charge is -2.25. The van der Waals surface area contributed by atoms with Crippen molar-refractivity contribution in [3.63, 3.8) is 0 Å². The number of hydrogen-bond donors (Lipinski definition) is 1. The average Bonchev–Trinajstić information content (AvgIpc) is 2.85. The average molecular weight is 472 g/mol. The van der Waals surface area contributed by atoms with E-state index in [-0.39, 0.29) is 23.3 Å². The number of esters is 1. The highest BCUT2D eigenvalue weighted by Gasteiger charge is 2.29. The minimum Gasteiger partial charge on any atom is -0.508 e. The molecule has 4 aromatic carbocycles. The first kappa shape index (κ1) is 23.5. The van der Waals surface area contributed by atoms with E-state index >= 15 is 0 Å². The maximum absolute atomic E-state index is 12.5. The molecule has 0 heterocycles. The minimum absolute atomic E-state index is 0.166. The molecule has 0 aromatic heterocycles. The number of carbonyl (C=O) groups is 1. The van der Waals surface area contributed by atoms with E-state index in [1.165, 1.54) is 9.79 Å². The van der Waals surface area contributed by atoms with Gasteiger partial charge in [0.15, 0.2) is 21.3 Å². The Hall–Kier alpha value is -3.70. The number of ether oxygens (including phenoxy) is 2. The zero-order valence-electron chi connectivity index (χ0n) is 19.2. The summed E-state index contributed by atoms with van der Waals surface area (Å²) in [4.78, 5) is 16.1. The second kappa shape index (κ2) is 10.5. The fraction of sp³-hybridized carbons (Fsp3) is 0.138. The van der Waals surface area contributed by atoms with Crippen LogP contribution < -0.4 is 4.74 Å². The first-order valence-corrected chi connectivity index (χ1v) is 12.2. The summed E-state index contributed by atoms with van der Waals surface area (Å²) >= 11 is 0. The Morgan fingerprint density at radius 1 is 0.765 bits per heavy atom. The normalized spacial score (nSPS) is 11.3. The molecule has 1 N–H and O–H groups in total. The van der Waals surface area contributed by atoms with Gasteiger partial charge in [0.1, 0.15) is 17.1 Å². The molecule has 0 aliphatic carbocycles. The molecule has 0 fully saturated rings. The van der Waals surface area contributed by atoms with Crippen molar-refractivity contribution in [1.82, 2.24) is 0 Å². The summed E-state index contributed by atoms with van der Waals surface area (Å²) in [6.45, 7) is 3.42. The number of aromatic hydroxyl groups is 1. The van der Waals surface area contributed by atoms with E-state index in [9.17, 15) is 9.90 Å². The number of rotatable bonds is 8. The smallest absolute Gasteiger partial charge is 0.345 e. The molecule has 0 saturated carbocycles. The molecule has 5 heteroatoms. The molecule has 0 spiro atoms. The summed E-state index contributed by atoms with van der Waals surface area (Å²) in [6.07, 6.45) is 0. The van der Waals surface area contributed by atoms with Gasteiger partial charge in [-0.2, -0.15) is 0 Å². The Morgan fingerprint density at radius 2 is 1.32 bits per heavy atom. The quantitative estimate of drug-likeness (QED) is 0.240. The number of phenolic OH excluding ortho intramolecular Hbond substituents is 1. The van der Waals surface area contributed by atoms with Gasteiger partial charge in [-0.3, -0.25) is 0 Å². The van der Waals surface area contributed by atoms with Crippen molar-refractivity contribution < 1.29 is 19.4 Å². The Labute approximate surface area is 203 Å². The molecular formula is C29H27O4S+. The summed E-state index contributed by atoms with van der Waals surface area (Å²) in [5.74, 6) is 0.314. The van der Waals surface area contributed by atoms with Gasteiger partial charge in [0.2, 0.25) is 0 Å². The van der Waals surface area contributed by atoms with Gasteiger partial charge in [0.25, 0.3) is 0 Å². The molecule has 172 valence electrons. The summed E-state index contributed by atoms with van der Waals surface area (Å²) in [5.41, 5.74) is -0.0567. The van der Waals surface area contributed by atoms with Gasteiger partial charge in [-0.1, -0.05) is 54.6 Å². The van der Waals surface area contributed by atoms with Crippen LogP contribution in [0.4, 0.5) is 0 Å². The fourth-order valence-electron chi connectivity index (χ4n) is 3.59. The molecule has 0 aliphatic heterocycles. The predicted molar refractivity (Wildman–Crippen MR) is 134 cm³/mol. The summed E-state index contributed by atoms with van der Waals surface area (Å²) in [7, 11) is -0.299. The summed E-state index contributed by atoms with van der Waals surface area (Å²) in [6, 6.07) is 35.2. The lowest BCUT2D eigenvalue weighted by molar-refractivity contribution is -0.159. The molecule has 0 atom stereocenters. The van der Waals surface area contributed by atoms with E-state index in [1.54, 1.807) is 24.3 Å². The third kappa shape index (κ3) is 5.80. The van der Waals surface area contributed by atoms with Crippen molar-refractivity contribution in [1.29, 1.82) is 0 Å². The molecular weight excluding hydrogens is 444 g/mol. The van der Waals surface area contributed by atoms with Crippen molar-refractivity contribution >= 4 is 16.9 Å². The van der Waals surface area contributed by atoms with Crippen LogP contribution in [-0.4, -0.2) is 17.7 Å². The highest BCUT2D eigenvalue weighted by Crippen LogP contribution is 2.33. The van der Waals surface area contributed by atoms with Crippen molar-refractivity contribution in [3.05, 3.63) is 115 Å². The van der Waals surface area contributed by atoms with Gasteiger partial charge in [0, 0.05) is 6.07 Å². The minimum atomic E-state index is -0.844. The van der Waals surface area contributed by atoms with Crippen LogP contribution in [0.15, 0.2) is 124 Å². The second-order valence-corrected chi connectivity index (χ2v) is 10.3.